The highest BCUT2D eigenvalue weighted by Gasteiger charge is 2.11. The first-order valence-electron chi connectivity index (χ1n) is 6.14. The highest BCUT2D eigenvalue weighted by Crippen LogP contribution is 2.23. The second kappa shape index (κ2) is 5.58. The Hall–Kier alpha value is -2.96. The van der Waals surface area contributed by atoms with E-state index in [0.29, 0.717) is 17.3 Å². The van der Waals surface area contributed by atoms with E-state index in [1.165, 1.54) is 7.11 Å². The molecule has 0 bridgehead atoms. The summed E-state index contributed by atoms with van der Waals surface area (Å²) in [5, 5.41) is 3.95. The number of hydrogen-bond acceptors (Lipinski definition) is 7. The predicted octanol–water partition coefficient (Wildman–Crippen LogP) is 2.21. The lowest BCUT2D eigenvalue weighted by molar-refractivity contribution is 0.379. The SMILES string of the molecule is COc1ccc(-c2noc(-c3cnc(OC)nc3)n2)cc1. The summed E-state index contributed by atoms with van der Waals surface area (Å²) in [6.07, 6.45) is 3.13. The minimum atomic E-state index is 0.286. The van der Waals surface area contributed by atoms with Crippen LogP contribution < -0.4 is 9.47 Å². The Morgan fingerprint density at radius 1 is 0.905 bits per heavy atom. The molecule has 0 amide bonds. The zero-order valence-corrected chi connectivity index (χ0v) is 11.5. The normalized spacial score (nSPS) is 10.4. The topological polar surface area (TPSA) is 83.2 Å². The van der Waals surface area contributed by atoms with Crippen molar-refractivity contribution in [3.05, 3.63) is 36.7 Å². The average Bonchev–Trinajstić information content (AvgIpc) is 3.05. The zero-order chi connectivity index (χ0) is 14.7. The molecule has 0 saturated heterocycles. The Bertz CT molecular complexity index is 661. The van der Waals surface area contributed by atoms with E-state index in [-0.39, 0.29) is 6.01 Å². The van der Waals surface area contributed by atoms with Gasteiger partial charge in [-0.1, -0.05) is 5.16 Å². The van der Waals surface area contributed by atoms with Crippen molar-refractivity contribution in [2.75, 3.05) is 14.2 Å². The van der Waals surface area contributed by atoms with Gasteiger partial charge in [0.05, 0.1) is 19.8 Å². The molecule has 0 aliphatic rings. The highest BCUT2D eigenvalue weighted by atomic mass is 16.5. The maximum Gasteiger partial charge on any atom is 0.316 e. The molecule has 0 unspecified atom stereocenters. The standard InChI is InChI=1S/C14H12N4O3/c1-19-11-5-3-9(4-6-11)12-17-13(21-18-12)10-7-15-14(20-2)16-8-10/h3-8H,1-2H3. The van der Waals surface area contributed by atoms with Gasteiger partial charge in [0.15, 0.2) is 0 Å². The van der Waals surface area contributed by atoms with Crippen molar-refractivity contribution in [3.63, 3.8) is 0 Å². The minimum absolute atomic E-state index is 0.286. The number of ether oxygens (including phenoxy) is 2. The molecule has 0 aliphatic carbocycles. The van der Waals surface area contributed by atoms with Crippen LogP contribution in [0.1, 0.15) is 0 Å². The van der Waals surface area contributed by atoms with Crippen LogP contribution in [-0.2, 0) is 0 Å². The third-order valence-electron chi connectivity index (χ3n) is 2.83. The van der Waals surface area contributed by atoms with Gasteiger partial charge in [-0.15, -0.1) is 0 Å². The van der Waals surface area contributed by atoms with Crippen molar-refractivity contribution in [1.29, 1.82) is 0 Å². The Morgan fingerprint density at radius 2 is 1.62 bits per heavy atom. The average molecular weight is 284 g/mol. The van der Waals surface area contributed by atoms with Gasteiger partial charge in [-0.3, -0.25) is 0 Å². The minimum Gasteiger partial charge on any atom is -0.497 e. The molecule has 7 heteroatoms. The third kappa shape index (κ3) is 2.66. The van der Waals surface area contributed by atoms with Gasteiger partial charge in [-0.2, -0.15) is 4.98 Å². The summed E-state index contributed by atoms with van der Waals surface area (Å²) in [6.45, 7) is 0. The summed E-state index contributed by atoms with van der Waals surface area (Å²) in [7, 11) is 3.12. The number of methoxy groups -OCH3 is 2. The molecule has 0 saturated carbocycles. The molecule has 0 atom stereocenters. The van der Waals surface area contributed by atoms with E-state index in [4.69, 9.17) is 14.0 Å². The molecule has 21 heavy (non-hydrogen) atoms. The molecule has 0 radical (unpaired) electrons. The maximum atomic E-state index is 5.22. The molecule has 0 aliphatic heterocycles. The fraction of sp³-hybridized carbons (Fsp3) is 0.143. The smallest absolute Gasteiger partial charge is 0.316 e. The molecule has 1 aromatic carbocycles. The Labute approximate surface area is 120 Å². The Kier molecular flexibility index (Phi) is 3.46. The fourth-order valence-electron chi connectivity index (χ4n) is 1.73. The first-order valence-corrected chi connectivity index (χ1v) is 6.14. The van der Waals surface area contributed by atoms with Crippen molar-refractivity contribution in [1.82, 2.24) is 20.1 Å². The van der Waals surface area contributed by atoms with Crippen molar-refractivity contribution >= 4 is 0 Å². The van der Waals surface area contributed by atoms with Gasteiger partial charge in [0.25, 0.3) is 5.89 Å². The largest absolute Gasteiger partial charge is 0.497 e. The predicted molar refractivity (Wildman–Crippen MR) is 73.9 cm³/mol. The number of nitrogens with zero attached hydrogens (tertiary/aromatic N) is 4. The summed E-state index contributed by atoms with van der Waals surface area (Å²) in [6, 6.07) is 7.67. The molecular formula is C14H12N4O3. The van der Waals surface area contributed by atoms with Crippen LogP contribution in [0.25, 0.3) is 22.8 Å². The monoisotopic (exact) mass is 284 g/mol. The van der Waals surface area contributed by atoms with E-state index in [0.717, 1.165) is 11.3 Å². The Balaban J connectivity index is 1.87. The van der Waals surface area contributed by atoms with Gasteiger partial charge in [-0.25, -0.2) is 9.97 Å². The summed E-state index contributed by atoms with van der Waals surface area (Å²) >= 11 is 0. The molecule has 0 N–H and O–H groups in total. The number of aromatic nitrogens is 4. The molecule has 2 aromatic heterocycles. The Morgan fingerprint density at radius 3 is 2.24 bits per heavy atom. The van der Waals surface area contributed by atoms with Gasteiger partial charge in [-0.05, 0) is 24.3 Å². The lowest BCUT2D eigenvalue weighted by atomic mass is 10.2. The third-order valence-corrected chi connectivity index (χ3v) is 2.83. The van der Waals surface area contributed by atoms with Crippen molar-refractivity contribution in [3.8, 4) is 34.6 Å². The lowest BCUT2D eigenvalue weighted by Crippen LogP contribution is -1.91. The molecule has 0 fully saturated rings. The van der Waals surface area contributed by atoms with Crippen LogP contribution in [0.5, 0.6) is 11.8 Å². The first-order chi connectivity index (χ1) is 10.3. The summed E-state index contributed by atoms with van der Waals surface area (Å²) in [5.41, 5.74) is 1.46. The number of hydrogen-bond donors (Lipinski definition) is 0. The molecule has 3 aromatic rings. The zero-order valence-electron chi connectivity index (χ0n) is 11.5. The molecule has 7 nitrogen and oxygen atoms in total. The summed E-state index contributed by atoms with van der Waals surface area (Å²) in [5.74, 6) is 1.61. The van der Waals surface area contributed by atoms with Gasteiger partial charge in [0.2, 0.25) is 5.82 Å². The quantitative estimate of drug-likeness (QED) is 0.726. The van der Waals surface area contributed by atoms with Crippen LogP contribution in [0.15, 0.2) is 41.2 Å². The molecule has 3 rings (SSSR count). The van der Waals surface area contributed by atoms with Crippen molar-refractivity contribution in [2.24, 2.45) is 0 Å². The highest BCUT2D eigenvalue weighted by molar-refractivity contribution is 5.59. The lowest BCUT2D eigenvalue weighted by Gasteiger charge is -1.99. The van der Waals surface area contributed by atoms with Crippen LogP contribution in [0.4, 0.5) is 0 Å². The van der Waals surface area contributed by atoms with E-state index in [1.807, 2.05) is 24.3 Å². The van der Waals surface area contributed by atoms with Gasteiger partial charge < -0.3 is 14.0 Å². The van der Waals surface area contributed by atoms with Crippen LogP contribution in [0.3, 0.4) is 0 Å². The van der Waals surface area contributed by atoms with Gasteiger partial charge in [0.1, 0.15) is 5.75 Å². The van der Waals surface area contributed by atoms with E-state index >= 15 is 0 Å². The van der Waals surface area contributed by atoms with Crippen molar-refractivity contribution < 1.29 is 14.0 Å². The van der Waals surface area contributed by atoms with E-state index in [1.54, 1.807) is 19.5 Å². The van der Waals surface area contributed by atoms with E-state index in [9.17, 15) is 0 Å². The molecule has 106 valence electrons. The fourth-order valence-corrected chi connectivity index (χ4v) is 1.73. The first kappa shape index (κ1) is 13.0. The number of rotatable bonds is 4. The maximum absolute atomic E-state index is 5.22. The summed E-state index contributed by atoms with van der Waals surface area (Å²) < 4.78 is 15.2. The van der Waals surface area contributed by atoms with Crippen LogP contribution >= 0.6 is 0 Å². The second-order valence-electron chi connectivity index (χ2n) is 4.11. The van der Waals surface area contributed by atoms with E-state index < -0.39 is 0 Å². The van der Waals surface area contributed by atoms with E-state index in [2.05, 4.69) is 20.1 Å². The van der Waals surface area contributed by atoms with Crippen LogP contribution in [0.2, 0.25) is 0 Å². The van der Waals surface area contributed by atoms with Crippen LogP contribution in [0, 0.1) is 0 Å². The molecule has 2 heterocycles. The molecule has 0 spiro atoms. The van der Waals surface area contributed by atoms with Gasteiger partial charge in [0, 0.05) is 18.0 Å². The van der Waals surface area contributed by atoms with Crippen LogP contribution in [-0.4, -0.2) is 34.3 Å². The summed E-state index contributed by atoms with van der Waals surface area (Å²) in [4.78, 5) is 12.3. The van der Waals surface area contributed by atoms with Crippen molar-refractivity contribution in [2.45, 2.75) is 0 Å². The molecular weight excluding hydrogens is 272 g/mol. The number of benzene rings is 1. The second-order valence-corrected chi connectivity index (χ2v) is 4.11. The van der Waals surface area contributed by atoms with Gasteiger partial charge >= 0.3 is 6.01 Å².